The van der Waals surface area contributed by atoms with Crippen LogP contribution in [-0.2, 0) is 7.05 Å². The maximum Gasteiger partial charge on any atom is 0.255 e. The van der Waals surface area contributed by atoms with Gasteiger partial charge in [0, 0.05) is 24.8 Å². The standard InChI is InChI=1S/C14H24N4O.ClH/c1-8-6-7-15-10(3)13(8)16-14(19)12-9(2)17-18(5)11(12)4;/h8,10,13,15H,6-7H2,1-5H3,(H,16,19);1H. The summed E-state index contributed by atoms with van der Waals surface area (Å²) >= 11 is 0. The maximum atomic E-state index is 12.5. The molecule has 0 bridgehead atoms. The monoisotopic (exact) mass is 300 g/mol. The number of nitrogens with zero attached hydrogens (tertiary/aromatic N) is 2. The van der Waals surface area contributed by atoms with Crippen LogP contribution in [0.15, 0.2) is 0 Å². The molecule has 1 saturated heterocycles. The van der Waals surface area contributed by atoms with E-state index >= 15 is 0 Å². The smallest absolute Gasteiger partial charge is 0.255 e. The van der Waals surface area contributed by atoms with E-state index in [1.54, 1.807) is 4.68 Å². The molecule has 3 atom stereocenters. The summed E-state index contributed by atoms with van der Waals surface area (Å²) in [5.74, 6) is 0.494. The summed E-state index contributed by atoms with van der Waals surface area (Å²) in [7, 11) is 1.87. The molecule has 0 saturated carbocycles. The number of amides is 1. The van der Waals surface area contributed by atoms with Crippen molar-refractivity contribution in [2.45, 2.75) is 46.2 Å². The molecule has 20 heavy (non-hydrogen) atoms. The highest BCUT2D eigenvalue weighted by Crippen LogP contribution is 2.18. The molecule has 6 heteroatoms. The number of nitrogens with one attached hydrogen (secondary N) is 2. The Morgan fingerprint density at radius 2 is 2.05 bits per heavy atom. The number of aromatic nitrogens is 2. The van der Waals surface area contributed by atoms with Crippen molar-refractivity contribution in [3.63, 3.8) is 0 Å². The number of piperidine rings is 1. The van der Waals surface area contributed by atoms with E-state index in [0.29, 0.717) is 17.5 Å². The SMILES string of the molecule is Cc1nn(C)c(C)c1C(=O)NC1C(C)CCNC1C.Cl. The average molecular weight is 301 g/mol. The van der Waals surface area contributed by atoms with Crippen molar-refractivity contribution in [1.82, 2.24) is 20.4 Å². The van der Waals surface area contributed by atoms with Crippen LogP contribution in [0, 0.1) is 19.8 Å². The Labute approximate surface area is 126 Å². The summed E-state index contributed by atoms with van der Waals surface area (Å²) in [6, 6.07) is 0.491. The molecule has 3 unspecified atom stereocenters. The molecular weight excluding hydrogens is 276 g/mol. The first-order valence-corrected chi connectivity index (χ1v) is 6.96. The molecule has 2 N–H and O–H groups in total. The Hall–Kier alpha value is -1.07. The Morgan fingerprint density at radius 3 is 2.55 bits per heavy atom. The van der Waals surface area contributed by atoms with Crippen molar-refractivity contribution in [1.29, 1.82) is 0 Å². The fourth-order valence-electron chi connectivity index (χ4n) is 2.93. The highest BCUT2D eigenvalue weighted by molar-refractivity contribution is 5.96. The minimum absolute atomic E-state index is 0. The molecular formula is C14H25ClN4O. The van der Waals surface area contributed by atoms with E-state index in [4.69, 9.17) is 0 Å². The lowest BCUT2D eigenvalue weighted by atomic mass is 9.89. The van der Waals surface area contributed by atoms with Gasteiger partial charge in [-0.05, 0) is 39.7 Å². The predicted octanol–water partition coefficient (Wildman–Crippen LogP) is 1.58. The number of carbonyl (C=O) groups excluding carboxylic acids is 1. The predicted molar refractivity (Wildman–Crippen MR) is 82.4 cm³/mol. The van der Waals surface area contributed by atoms with E-state index in [0.717, 1.165) is 24.4 Å². The quantitative estimate of drug-likeness (QED) is 0.872. The lowest BCUT2D eigenvalue weighted by Crippen LogP contribution is -2.56. The van der Waals surface area contributed by atoms with E-state index in [1.165, 1.54) is 0 Å². The molecule has 1 amide bonds. The van der Waals surface area contributed by atoms with Crippen LogP contribution in [0.25, 0.3) is 0 Å². The molecule has 0 spiro atoms. The van der Waals surface area contributed by atoms with Gasteiger partial charge in [0.25, 0.3) is 5.91 Å². The summed E-state index contributed by atoms with van der Waals surface area (Å²) in [4.78, 5) is 12.5. The molecule has 1 aliphatic heterocycles. The number of rotatable bonds is 2. The zero-order valence-corrected chi connectivity index (χ0v) is 13.7. The Kier molecular flexibility index (Phi) is 5.59. The number of carbonyl (C=O) groups is 1. The largest absolute Gasteiger partial charge is 0.347 e. The molecule has 2 heterocycles. The van der Waals surface area contributed by atoms with Crippen molar-refractivity contribution >= 4 is 18.3 Å². The zero-order chi connectivity index (χ0) is 14.2. The second kappa shape index (κ2) is 6.59. The second-order valence-corrected chi connectivity index (χ2v) is 5.68. The molecule has 0 aliphatic carbocycles. The number of aryl methyl sites for hydroxylation is 2. The zero-order valence-electron chi connectivity index (χ0n) is 12.9. The summed E-state index contributed by atoms with van der Waals surface area (Å²) < 4.78 is 1.76. The third-order valence-corrected chi connectivity index (χ3v) is 4.25. The van der Waals surface area contributed by atoms with Gasteiger partial charge in [-0.3, -0.25) is 9.48 Å². The van der Waals surface area contributed by atoms with E-state index < -0.39 is 0 Å². The van der Waals surface area contributed by atoms with Gasteiger partial charge in [-0.1, -0.05) is 6.92 Å². The van der Waals surface area contributed by atoms with Gasteiger partial charge in [-0.15, -0.1) is 12.4 Å². The Morgan fingerprint density at radius 1 is 1.40 bits per heavy atom. The fraction of sp³-hybridized carbons (Fsp3) is 0.714. The fourth-order valence-corrected chi connectivity index (χ4v) is 2.93. The van der Waals surface area contributed by atoms with Gasteiger partial charge in [0.15, 0.2) is 0 Å². The molecule has 1 aromatic rings. The number of hydrogen-bond acceptors (Lipinski definition) is 3. The summed E-state index contributed by atoms with van der Waals surface area (Å²) in [6.45, 7) is 9.17. The van der Waals surface area contributed by atoms with Crippen molar-refractivity contribution in [3.8, 4) is 0 Å². The van der Waals surface area contributed by atoms with Gasteiger partial charge in [-0.25, -0.2) is 0 Å². The number of halogens is 1. The minimum Gasteiger partial charge on any atom is -0.347 e. The maximum absolute atomic E-state index is 12.5. The summed E-state index contributed by atoms with van der Waals surface area (Å²) in [5, 5.41) is 10.9. The molecule has 0 radical (unpaired) electrons. The van der Waals surface area contributed by atoms with Gasteiger partial charge in [0.2, 0.25) is 0 Å². The van der Waals surface area contributed by atoms with Gasteiger partial charge >= 0.3 is 0 Å². The van der Waals surface area contributed by atoms with Crippen LogP contribution in [0.1, 0.15) is 42.0 Å². The lowest BCUT2D eigenvalue weighted by molar-refractivity contribution is 0.0896. The van der Waals surface area contributed by atoms with Crippen LogP contribution in [0.4, 0.5) is 0 Å². The number of hydrogen-bond donors (Lipinski definition) is 2. The molecule has 114 valence electrons. The van der Waals surface area contributed by atoms with Crippen molar-refractivity contribution in [2.24, 2.45) is 13.0 Å². The molecule has 1 aliphatic rings. The Balaban J connectivity index is 0.00000200. The van der Waals surface area contributed by atoms with Crippen LogP contribution in [0.2, 0.25) is 0 Å². The van der Waals surface area contributed by atoms with Crippen molar-refractivity contribution in [3.05, 3.63) is 17.0 Å². The first kappa shape index (κ1) is 17.0. The normalized spacial score (nSPS) is 25.9. The van der Waals surface area contributed by atoms with Crippen LogP contribution in [-0.4, -0.2) is 34.3 Å². The first-order chi connectivity index (χ1) is 8.91. The van der Waals surface area contributed by atoms with Crippen LogP contribution in [0.5, 0.6) is 0 Å². The molecule has 2 rings (SSSR count). The molecule has 1 fully saturated rings. The third kappa shape index (κ3) is 3.15. The van der Waals surface area contributed by atoms with Crippen molar-refractivity contribution < 1.29 is 4.79 Å². The molecule has 1 aromatic heterocycles. The van der Waals surface area contributed by atoms with Crippen LogP contribution >= 0.6 is 12.4 Å². The van der Waals surface area contributed by atoms with Crippen LogP contribution in [0.3, 0.4) is 0 Å². The molecule has 5 nitrogen and oxygen atoms in total. The van der Waals surface area contributed by atoms with E-state index in [9.17, 15) is 4.79 Å². The van der Waals surface area contributed by atoms with E-state index in [1.807, 2.05) is 20.9 Å². The van der Waals surface area contributed by atoms with Crippen LogP contribution < -0.4 is 10.6 Å². The van der Waals surface area contributed by atoms with Crippen molar-refractivity contribution in [2.75, 3.05) is 6.54 Å². The first-order valence-electron chi connectivity index (χ1n) is 6.96. The minimum atomic E-state index is -0.00417. The van der Waals surface area contributed by atoms with E-state index in [2.05, 4.69) is 29.6 Å². The van der Waals surface area contributed by atoms with Gasteiger partial charge < -0.3 is 10.6 Å². The lowest BCUT2D eigenvalue weighted by Gasteiger charge is -2.36. The highest BCUT2D eigenvalue weighted by atomic mass is 35.5. The summed E-state index contributed by atoms with van der Waals surface area (Å²) in [5.41, 5.74) is 2.42. The van der Waals surface area contributed by atoms with E-state index in [-0.39, 0.29) is 24.4 Å². The third-order valence-electron chi connectivity index (χ3n) is 4.25. The Bertz CT molecular complexity index is 476. The van der Waals surface area contributed by atoms with Gasteiger partial charge in [0.1, 0.15) is 0 Å². The molecule has 0 aromatic carbocycles. The second-order valence-electron chi connectivity index (χ2n) is 5.68. The topological polar surface area (TPSA) is 59.0 Å². The average Bonchev–Trinajstić information content (AvgIpc) is 2.58. The van der Waals surface area contributed by atoms with Gasteiger partial charge in [-0.2, -0.15) is 5.10 Å². The van der Waals surface area contributed by atoms with Gasteiger partial charge in [0.05, 0.1) is 11.3 Å². The summed E-state index contributed by atoms with van der Waals surface area (Å²) in [6.07, 6.45) is 1.10. The highest BCUT2D eigenvalue weighted by Gasteiger charge is 2.30.